The fourth-order valence-corrected chi connectivity index (χ4v) is 1.31. The van der Waals surface area contributed by atoms with E-state index in [4.69, 9.17) is 10.2 Å². The first-order valence-electron chi connectivity index (χ1n) is 4.44. The highest BCUT2D eigenvalue weighted by Crippen LogP contribution is 2.18. The van der Waals surface area contributed by atoms with Crippen LogP contribution in [0, 0.1) is 0 Å². The van der Waals surface area contributed by atoms with Crippen LogP contribution in [-0.4, -0.2) is 4.98 Å². The average Bonchev–Trinajstić information content (AvgIpc) is 2.46. The molecule has 68 valence electrons. The molecule has 0 aliphatic heterocycles. The number of anilines is 1. The minimum Gasteiger partial charge on any atom is -0.441 e. The molecule has 0 fully saturated rings. The average molecular weight is 176 g/mol. The molecule has 13 heavy (non-hydrogen) atoms. The van der Waals surface area contributed by atoms with Crippen LogP contribution in [-0.2, 0) is 6.42 Å². The summed E-state index contributed by atoms with van der Waals surface area (Å²) in [5, 5.41) is 0. The van der Waals surface area contributed by atoms with Gasteiger partial charge in [-0.1, -0.05) is 6.92 Å². The molecule has 1 heterocycles. The smallest absolute Gasteiger partial charge is 0.195 e. The van der Waals surface area contributed by atoms with Crippen LogP contribution in [0.1, 0.15) is 19.2 Å². The molecule has 1 aromatic carbocycles. The van der Waals surface area contributed by atoms with E-state index in [-0.39, 0.29) is 0 Å². The molecule has 2 N–H and O–H groups in total. The summed E-state index contributed by atoms with van der Waals surface area (Å²) in [6, 6.07) is 5.51. The van der Waals surface area contributed by atoms with Crippen LogP contribution in [0.3, 0.4) is 0 Å². The predicted octanol–water partition coefficient (Wildman–Crippen LogP) is 2.36. The predicted molar refractivity (Wildman–Crippen MR) is 52.4 cm³/mol. The van der Waals surface area contributed by atoms with Crippen LogP contribution in [0.15, 0.2) is 22.6 Å². The Bertz CT molecular complexity index is 420. The van der Waals surface area contributed by atoms with Crippen molar-refractivity contribution in [3.05, 3.63) is 24.1 Å². The number of aryl methyl sites for hydroxylation is 1. The van der Waals surface area contributed by atoms with E-state index in [1.807, 2.05) is 18.2 Å². The lowest BCUT2D eigenvalue weighted by molar-refractivity contribution is 0.525. The van der Waals surface area contributed by atoms with E-state index in [1.54, 1.807) is 0 Å². The number of nitrogens with two attached hydrogens (primary N) is 1. The Morgan fingerprint density at radius 1 is 1.46 bits per heavy atom. The highest BCUT2D eigenvalue weighted by atomic mass is 16.3. The largest absolute Gasteiger partial charge is 0.441 e. The summed E-state index contributed by atoms with van der Waals surface area (Å²) < 4.78 is 5.50. The third-order valence-electron chi connectivity index (χ3n) is 1.92. The zero-order chi connectivity index (χ0) is 9.26. The van der Waals surface area contributed by atoms with Gasteiger partial charge in [0.1, 0.15) is 5.52 Å². The van der Waals surface area contributed by atoms with Gasteiger partial charge in [0.05, 0.1) is 0 Å². The van der Waals surface area contributed by atoms with E-state index in [1.165, 1.54) is 0 Å². The van der Waals surface area contributed by atoms with Gasteiger partial charge in [-0.2, -0.15) is 0 Å². The van der Waals surface area contributed by atoms with Crippen molar-refractivity contribution in [3.63, 3.8) is 0 Å². The molecule has 0 bridgehead atoms. The maximum atomic E-state index is 5.63. The molecular formula is C10H12N2O. The molecule has 0 atom stereocenters. The number of rotatable bonds is 2. The second kappa shape index (κ2) is 3.09. The molecular weight excluding hydrogens is 164 g/mol. The van der Waals surface area contributed by atoms with Gasteiger partial charge in [0.15, 0.2) is 11.5 Å². The lowest BCUT2D eigenvalue weighted by Crippen LogP contribution is -1.83. The molecule has 2 rings (SSSR count). The number of nitrogens with zero attached hydrogens (tertiary/aromatic N) is 1. The normalized spacial score (nSPS) is 10.8. The number of hydrogen-bond acceptors (Lipinski definition) is 3. The minimum atomic E-state index is 0.726. The van der Waals surface area contributed by atoms with E-state index >= 15 is 0 Å². The van der Waals surface area contributed by atoms with Gasteiger partial charge >= 0.3 is 0 Å². The Morgan fingerprint density at radius 2 is 2.31 bits per heavy atom. The molecule has 0 radical (unpaired) electrons. The van der Waals surface area contributed by atoms with Crippen molar-refractivity contribution in [3.8, 4) is 0 Å². The minimum absolute atomic E-state index is 0.726. The van der Waals surface area contributed by atoms with Gasteiger partial charge in [-0.3, -0.25) is 0 Å². The number of hydrogen-bond donors (Lipinski definition) is 1. The molecule has 0 saturated carbocycles. The zero-order valence-corrected chi connectivity index (χ0v) is 7.58. The Morgan fingerprint density at radius 3 is 3.08 bits per heavy atom. The van der Waals surface area contributed by atoms with Gasteiger partial charge in [-0.15, -0.1) is 0 Å². The maximum Gasteiger partial charge on any atom is 0.195 e. The maximum absolute atomic E-state index is 5.63. The van der Waals surface area contributed by atoms with Gasteiger partial charge in [-0.25, -0.2) is 4.98 Å². The molecule has 3 nitrogen and oxygen atoms in total. The Kier molecular flexibility index (Phi) is 1.93. The molecule has 0 amide bonds. The molecule has 0 spiro atoms. The number of oxazole rings is 1. The summed E-state index contributed by atoms with van der Waals surface area (Å²) in [6.45, 7) is 2.10. The first-order valence-corrected chi connectivity index (χ1v) is 4.44. The van der Waals surface area contributed by atoms with E-state index in [0.29, 0.717) is 0 Å². The van der Waals surface area contributed by atoms with Crippen LogP contribution < -0.4 is 5.73 Å². The van der Waals surface area contributed by atoms with Gasteiger partial charge in [-0.05, 0) is 24.6 Å². The van der Waals surface area contributed by atoms with Crippen molar-refractivity contribution in [1.29, 1.82) is 0 Å². The second-order valence-corrected chi connectivity index (χ2v) is 3.08. The SMILES string of the molecule is CCCc1nc2cc(N)ccc2o1. The monoisotopic (exact) mass is 176 g/mol. The van der Waals surface area contributed by atoms with Crippen LogP contribution in [0.25, 0.3) is 11.1 Å². The van der Waals surface area contributed by atoms with Crippen molar-refractivity contribution in [2.75, 3.05) is 5.73 Å². The van der Waals surface area contributed by atoms with Gasteiger partial charge in [0.25, 0.3) is 0 Å². The molecule has 3 heteroatoms. The lowest BCUT2D eigenvalue weighted by Gasteiger charge is -1.88. The van der Waals surface area contributed by atoms with Gasteiger partial charge < -0.3 is 10.2 Å². The van der Waals surface area contributed by atoms with Crippen molar-refractivity contribution in [2.24, 2.45) is 0 Å². The molecule has 0 aliphatic rings. The second-order valence-electron chi connectivity index (χ2n) is 3.08. The first kappa shape index (κ1) is 8.10. The van der Waals surface area contributed by atoms with E-state index < -0.39 is 0 Å². The Balaban J connectivity index is 2.49. The zero-order valence-electron chi connectivity index (χ0n) is 7.58. The number of aromatic nitrogens is 1. The lowest BCUT2D eigenvalue weighted by atomic mass is 10.3. The molecule has 1 aromatic heterocycles. The summed E-state index contributed by atoms with van der Waals surface area (Å²) in [6.07, 6.45) is 1.93. The van der Waals surface area contributed by atoms with Crippen molar-refractivity contribution >= 4 is 16.8 Å². The standard InChI is InChI=1S/C10H12N2O/c1-2-3-10-12-8-6-7(11)4-5-9(8)13-10/h4-6H,2-3,11H2,1H3. The number of benzene rings is 1. The van der Waals surface area contributed by atoms with E-state index in [0.717, 1.165) is 35.5 Å². The molecule has 0 saturated heterocycles. The van der Waals surface area contributed by atoms with Crippen LogP contribution in [0.4, 0.5) is 5.69 Å². The van der Waals surface area contributed by atoms with E-state index in [2.05, 4.69) is 11.9 Å². The topological polar surface area (TPSA) is 52.0 Å². The molecule has 0 unspecified atom stereocenters. The van der Waals surface area contributed by atoms with Gasteiger partial charge in [0.2, 0.25) is 0 Å². The summed E-state index contributed by atoms with van der Waals surface area (Å²) in [4.78, 5) is 4.32. The van der Waals surface area contributed by atoms with Crippen molar-refractivity contribution in [2.45, 2.75) is 19.8 Å². The van der Waals surface area contributed by atoms with Crippen LogP contribution in [0.5, 0.6) is 0 Å². The summed E-state index contributed by atoms with van der Waals surface area (Å²) in [5.41, 5.74) is 8.02. The Hall–Kier alpha value is -1.51. The fraction of sp³-hybridized carbons (Fsp3) is 0.300. The van der Waals surface area contributed by atoms with Crippen LogP contribution >= 0.6 is 0 Å². The highest BCUT2D eigenvalue weighted by molar-refractivity contribution is 5.76. The fourth-order valence-electron chi connectivity index (χ4n) is 1.31. The summed E-state index contributed by atoms with van der Waals surface area (Å²) in [5.74, 6) is 0.795. The van der Waals surface area contributed by atoms with Crippen molar-refractivity contribution < 1.29 is 4.42 Å². The molecule has 2 aromatic rings. The van der Waals surface area contributed by atoms with E-state index in [9.17, 15) is 0 Å². The summed E-state index contributed by atoms with van der Waals surface area (Å²) in [7, 11) is 0. The quantitative estimate of drug-likeness (QED) is 0.714. The third kappa shape index (κ3) is 1.49. The van der Waals surface area contributed by atoms with Crippen molar-refractivity contribution in [1.82, 2.24) is 4.98 Å². The number of nitrogen functional groups attached to an aromatic ring is 1. The summed E-state index contributed by atoms with van der Waals surface area (Å²) >= 11 is 0. The Labute approximate surface area is 76.6 Å². The van der Waals surface area contributed by atoms with Gasteiger partial charge in [0, 0.05) is 12.1 Å². The molecule has 0 aliphatic carbocycles. The first-order chi connectivity index (χ1) is 6.29. The number of fused-ring (bicyclic) bond motifs is 1. The third-order valence-corrected chi connectivity index (χ3v) is 1.92. The van der Waals surface area contributed by atoms with Crippen LogP contribution in [0.2, 0.25) is 0 Å². The highest BCUT2D eigenvalue weighted by Gasteiger charge is 2.03.